The van der Waals surface area contributed by atoms with Gasteiger partial charge in [-0.15, -0.1) is 0 Å². The van der Waals surface area contributed by atoms with Gasteiger partial charge in [-0.3, -0.25) is 19.7 Å². The number of carbonyl (C=O) groups excluding carboxylic acids is 2. The molecule has 0 fully saturated rings. The van der Waals surface area contributed by atoms with Crippen LogP contribution in [0.1, 0.15) is 20.8 Å². The Balaban J connectivity index is 2.35. The first-order valence-electron chi connectivity index (χ1n) is 7.39. The third-order valence-corrected chi connectivity index (χ3v) is 3.83. The molecule has 0 saturated carbocycles. The molecule has 9 nitrogen and oxygen atoms in total. The Morgan fingerprint density at radius 3 is 2.50 bits per heavy atom. The average molecular weight is 355 g/mol. The zero-order valence-electron chi connectivity index (χ0n) is 13.8. The maximum Gasteiger partial charge on any atom is 0.355 e. The lowest BCUT2D eigenvalue weighted by atomic mass is 10.1. The average Bonchev–Trinajstić information content (AvgIpc) is 3.05. The van der Waals surface area contributed by atoms with Gasteiger partial charge in [-0.25, -0.2) is 9.59 Å². The smallest absolute Gasteiger partial charge is 0.355 e. The Labute approximate surface area is 146 Å². The highest BCUT2D eigenvalue weighted by Crippen LogP contribution is 2.30. The number of methoxy groups -OCH3 is 2. The van der Waals surface area contributed by atoms with Crippen LogP contribution in [0.25, 0.3) is 16.6 Å². The van der Waals surface area contributed by atoms with Crippen LogP contribution in [-0.2, 0) is 9.47 Å². The van der Waals surface area contributed by atoms with Gasteiger partial charge in [-0.05, 0) is 24.3 Å². The van der Waals surface area contributed by atoms with E-state index in [0.717, 1.165) is 0 Å². The molecule has 0 aliphatic carbocycles. The quantitative estimate of drug-likeness (QED) is 0.401. The zero-order chi connectivity index (χ0) is 18.8. The van der Waals surface area contributed by atoms with Gasteiger partial charge in [0.05, 0.1) is 36.4 Å². The SMILES string of the molecule is COC(=O)c1ccc2c(c1)cc(C(=O)OC)n2-c1cnccc1[N+](=O)[O-]. The lowest BCUT2D eigenvalue weighted by Gasteiger charge is -2.09. The van der Waals surface area contributed by atoms with Crippen molar-refractivity contribution >= 4 is 28.5 Å². The van der Waals surface area contributed by atoms with Gasteiger partial charge in [0.1, 0.15) is 11.4 Å². The van der Waals surface area contributed by atoms with Crippen molar-refractivity contribution in [3.63, 3.8) is 0 Å². The summed E-state index contributed by atoms with van der Waals surface area (Å²) in [5.74, 6) is -1.22. The molecule has 0 saturated heterocycles. The Morgan fingerprint density at radius 1 is 1.12 bits per heavy atom. The van der Waals surface area contributed by atoms with E-state index in [2.05, 4.69) is 9.72 Å². The summed E-state index contributed by atoms with van der Waals surface area (Å²) in [4.78, 5) is 38.7. The van der Waals surface area contributed by atoms with E-state index < -0.39 is 16.9 Å². The van der Waals surface area contributed by atoms with Gasteiger partial charge < -0.3 is 9.47 Å². The Kier molecular flexibility index (Phi) is 4.36. The number of pyridine rings is 1. The number of carbonyl (C=O) groups is 2. The molecule has 0 aliphatic rings. The summed E-state index contributed by atoms with van der Waals surface area (Å²) in [6, 6.07) is 7.35. The second-order valence-corrected chi connectivity index (χ2v) is 5.24. The van der Waals surface area contributed by atoms with Crippen molar-refractivity contribution in [2.24, 2.45) is 0 Å². The van der Waals surface area contributed by atoms with E-state index in [1.807, 2.05) is 0 Å². The van der Waals surface area contributed by atoms with E-state index in [9.17, 15) is 19.7 Å². The number of hydrogen-bond acceptors (Lipinski definition) is 7. The highest BCUT2D eigenvalue weighted by Gasteiger charge is 2.24. The highest BCUT2D eigenvalue weighted by atomic mass is 16.6. The topological polar surface area (TPSA) is 114 Å². The fourth-order valence-corrected chi connectivity index (χ4v) is 2.68. The molecule has 0 N–H and O–H groups in total. The molecule has 0 aliphatic heterocycles. The maximum atomic E-state index is 12.2. The highest BCUT2D eigenvalue weighted by molar-refractivity contribution is 6.00. The van der Waals surface area contributed by atoms with Gasteiger partial charge in [0.25, 0.3) is 5.69 Å². The van der Waals surface area contributed by atoms with Gasteiger partial charge in [-0.1, -0.05) is 0 Å². The standard InChI is InChI=1S/C17H13N3O6/c1-25-16(21)10-3-4-12-11(7-10)8-14(17(22)26-2)19(12)15-9-18-6-5-13(15)20(23)24/h3-9H,1-2H3. The van der Waals surface area contributed by atoms with Crippen molar-refractivity contribution in [3.05, 3.63) is 64.1 Å². The Bertz CT molecular complexity index is 1040. The van der Waals surface area contributed by atoms with Crippen molar-refractivity contribution < 1.29 is 24.0 Å². The molecule has 9 heteroatoms. The van der Waals surface area contributed by atoms with E-state index in [1.165, 1.54) is 55.4 Å². The monoisotopic (exact) mass is 355 g/mol. The number of nitro groups is 1. The summed E-state index contributed by atoms with van der Waals surface area (Å²) in [6.45, 7) is 0. The van der Waals surface area contributed by atoms with Crippen molar-refractivity contribution in [1.29, 1.82) is 0 Å². The second kappa shape index (κ2) is 6.63. The van der Waals surface area contributed by atoms with Crippen LogP contribution in [0.2, 0.25) is 0 Å². The predicted molar refractivity (Wildman–Crippen MR) is 90.4 cm³/mol. The largest absolute Gasteiger partial charge is 0.465 e. The number of benzene rings is 1. The number of fused-ring (bicyclic) bond motifs is 1. The van der Waals surface area contributed by atoms with Gasteiger partial charge in [-0.2, -0.15) is 0 Å². The van der Waals surface area contributed by atoms with Crippen molar-refractivity contribution in [1.82, 2.24) is 9.55 Å². The minimum atomic E-state index is -0.682. The van der Waals surface area contributed by atoms with Crippen LogP contribution >= 0.6 is 0 Å². The number of aromatic nitrogens is 2. The summed E-state index contributed by atoms with van der Waals surface area (Å²) in [5.41, 5.74) is 0.724. The Morgan fingerprint density at radius 2 is 1.85 bits per heavy atom. The van der Waals surface area contributed by atoms with Crippen molar-refractivity contribution in [2.45, 2.75) is 0 Å². The molecule has 0 radical (unpaired) electrons. The molecule has 3 aromatic rings. The fourth-order valence-electron chi connectivity index (χ4n) is 2.68. The molecule has 1 aromatic carbocycles. The van der Waals surface area contributed by atoms with Crippen LogP contribution in [0.3, 0.4) is 0 Å². The van der Waals surface area contributed by atoms with E-state index in [0.29, 0.717) is 10.9 Å². The second-order valence-electron chi connectivity index (χ2n) is 5.24. The summed E-state index contributed by atoms with van der Waals surface area (Å²) < 4.78 is 10.9. The molecular formula is C17H13N3O6. The lowest BCUT2D eigenvalue weighted by Crippen LogP contribution is -2.10. The molecule has 3 rings (SSSR count). The zero-order valence-corrected chi connectivity index (χ0v) is 13.8. The van der Waals surface area contributed by atoms with Crippen LogP contribution in [0.4, 0.5) is 5.69 Å². The minimum Gasteiger partial charge on any atom is -0.465 e. The maximum absolute atomic E-state index is 12.2. The van der Waals surface area contributed by atoms with E-state index in [4.69, 9.17) is 4.74 Å². The van der Waals surface area contributed by atoms with Crippen LogP contribution < -0.4 is 0 Å². The van der Waals surface area contributed by atoms with Crippen molar-refractivity contribution in [3.8, 4) is 5.69 Å². The molecule has 0 spiro atoms. The molecule has 0 unspecified atom stereocenters. The van der Waals surface area contributed by atoms with E-state index >= 15 is 0 Å². The summed E-state index contributed by atoms with van der Waals surface area (Å²) in [5, 5.41) is 11.9. The Hall–Kier alpha value is -3.75. The number of hydrogen-bond donors (Lipinski definition) is 0. The molecule has 132 valence electrons. The van der Waals surface area contributed by atoms with Gasteiger partial charge in [0.15, 0.2) is 0 Å². The molecule has 0 bridgehead atoms. The van der Waals surface area contributed by atoms with Gasteiger partial charge in [0.2, 0.25) is 0 Å². The molecule has 0 atom stereocenters. The molecule has 2 heterocycles. The lowest BCUT2D eigenvalue weighted by molar-refractivity contribution is -0.384. The molecule has 26 heavy (non-hydrogen) atoms. The predicted octanol–water partition coefficient (Wildman–Crippen LogP) is 2.51. The van der Waals surface area contributed by atoms with Crippen LogP contribution in [0.15, 0.2) is 42.7 Å². The summed E-state index contributed by atoms with van der Waals surface area (Å²) in [7, 11) is 2.47. The van der Waals surface area contributed by atoms with Crippen molar-refractivity contribution in [2.75, 3.05) is 14.2 Å². The minimum absolute atomic E-state index is 0.0700. The molecule has 2 aromatic heterocycles. The summed E-state index contributed by atoms with van der Waals surface area (Å²) in [6.07, 6.45) is 2.58. The number of rotatable bonds is 4. The van der Waals surface area contributed by atoms with E-state index in [-0.39, 0.29) is 22.6 Å². The van der Waals surface area contributed by atoms with E-state index in [1.54, 1.807) is 6.07 Å². The fraction of sp³-hybridized carbons (Fsp3) is 0.118. The number of ether oxygens (including phenoxy) is 2. The van der Waals surface area contributed by atoms with Gasteiger partial charge >= 0.3 is 11.9 Å². The third kappa shape index (κ3) is 2.75. The number of nitrogens with zero attached hydrogens (tertiary/aromatic N) is 3. The summed E-state index contributed by atoms with van der Waals surface area (Å²) >= 11 is 0. The first kappa shape index (κ1) is 17.1. The molecule has 0 amide bonds. The first-order chi connectivity index (χ1) is 12.5. The normalized spacial score (nSPS) is 10.5. The first-order valence-corrected chi connectivity index (χ1v) is 7.39. The third-order valence-electron chi connectivity index (χ3n) is 3.83. The van der Waals surface area contributed by atoms with Crippen LogP contribution in [0, 0.1) is 10.1 Å². The van der Waals surface area contributed by atoms with Crippen LogP contribution in [-0.4, -0.2) is 40.6 Å². The molecular weight excluding hydrogens is 342 g/mol. The van der Waals surface area contributed by atoms with Gasteiger partial charge in [0, 0.05) is 17.6 Å². The number of esters is 2. The van der Waals surface area contributed by atoms with Crippen LogP contribution in [0.5, 0.6) is 0 Å².